The van der Waals surface area contributed by atoms with Gasteiger partial charge in [-0.2, -0.15) is 0 Å². The first kappa shape index (κ1) is 15.3. The Morgan fingerprint density at radius 2 is 2.00 bits per heavy atom. The van der Waals surface area contributed by atoms with Crippen LogP contribution in [0.2, 0.25) is 0 Å². The molecule has 0 spiro atoms. The van der Waals surface area contributed by atoms with E-state index in [1.165, 1.54) is 0 Å². The normalized spacial score (nSPS) is 10.0. The molecule has 1 amide bonds. The van der Waals surface area contributed by atoms with E-state index in [1.54, 1.807) is 0 Å². The molecule has 0 fully saturated rings. The summed E-state index contributed by atoms with van der Waals surface area (Å²) >= 11 is 0. The van der Waals surface area contributed by atoms with E-state index in [4.69, 9.17) is 4.74 Å². The highest BCUT2D eigenvalue weighted by atomic mass is 16.5. The molecule has 1 rings (SSSR count). The number of carbonyl (C=O) groups excluding carboxylic acids is 1. The van der Waals surface area contributed by atoms with Crippen molar-refractivity contribution in [2.45, 2.75) is 33.1 Å². The largest absolute Gasteiger partial charge is 0.491 e. The first-order chi connectivity index (χ1) is 9.27. The van der Waals surface area contributed by atoms with Gasteiger partial charge < -0.3 is 15.4 Å². The SMILES string of the molecule is CCCCOc1ccccc1NCC(=O)NCCC. The number of para-hydroxylation sites is 2. The summed E-state index contributed by atoms with van der Waals surface area (Å²) in [6, 6.07) is 7.71. The smallest absolute Gasteiger partial charge is 0.239 e. The van der Waals surface area contributed by atoms with Gasteiger partial charge in [0.25, 0.3) is 0 Å². The minimum atomic E-state index is 0.00483. The second-order valence-corrected chi connectivity index (χ2v) is 4.40. The van der Waals surface area contributed by atoms with Crippen molar-refractivity contribution >= 4 is 11.6 Å². The van der Waals surface area contributed by atoms with Crippen molar-refractivity contribution in [2.75, 3.05) is 25.0 Å². The molecule has 1 aromatic rings. The van der Waals surface area contributed by atoms with E-state index in [-0.39, 0.29) is 12.5 Å². The van der Waals surface area contributed by atoms with Gasteiger partial charge in [0.15, 0.2) is 0 Å². The molecule has 106 valence electrons. The van der Waals surface area contributed by atoms with E-state index in [9.17, 15) is 4.79 Å². The fourth-order valence-electron chi connectivity index (χ4n) is 1.57. The van der Waals surface area contributed by atoms with Crippen molar-refractivity contribution in [3.8, 4) is 5.75 Å². The zero-order valence-electron chi connectivity index (χ0n) is 11.9. The standard InChI is InChI=1S/C15H24N2O2/c1-3-5-11-19-14-9-7-6-8-13(14)17-12-15(18)16-10-4-2/h6-9,17H,3-5,10-12H2,1-2H3,(H,16,18). The molecule has 0 aliphatic heterocycles. The lowest BCUT2D eigenvalue weighted by Gasteiger charge is -2.12. The van der Waals surface area contributed by atoms with Crippen molar-refractivity contribution in [1.29, 1.82) is 0 Å². The maximum absolute atomic E-state index is 11.5. The Morgan fingerprint density at radius 3 is 2.74 bits per heavy atom. The molecule has 0 aliphatic carbocycles. The van der Waals surface area contributed by atoms with Crippen molar-refractivity contribution in [3.63, 3.8) is 0 Å². The zero-order chi connectivity index (χ0) is 13.9. The summed E-state index contributed by atoms with van der Waals surface area (Å²) < 4.78 is 5.70. The first-order valence-electron chi connectivity index (χ1n) is 7.00. The van der Waals surface area contributed by atoms with Crippen LogP contribution >= 0.6 is 0 Å². The van der Waals surface area contributed by atoms with Gasteiger partial charge in [0, 0.05) is 6.54 Å². The van der Waals surface area contributed by atoms with E-state index in [0.29, 0.717) is 6.61 Å². The van der Waals surface area contributed by atoms with Crippen LogP contribution in [0, 0.1) is 0 Å². The molecule has 0 bridgehead atoms. The lowest BCUT2D eigenvalue weighted by molar-refractivity contribution is -0.119. The Labute approximate surface area is 115 Å². The molecule has 1 aromatic carbocycles. The van der Waals surface area contributed by atoms with Crippen LogP contribution in [0.25, 0.3) is 0 Å². The summed E-state index contributed by atoms with van der Waals surface area (Å²) in [6.45, 7) is 5.86. The number of hydrogen-bond donors (Lipinski definition) is 2. The van der Waals surface area contributed by atoms with Gasteiger partial charge in [-0.15, -0.1) is 0 Å². The molecule has 4 nitrogen and oxygen atoms in total. The van der Waals surface area contributed by atoms with E-state index < -0.39 is 0 Å². The molecule has 0 atom stereocenters. The highest BCUT2D eigenvalue weighted by molar-refractivity contribution is 5.81. The Morgan fingerprint density at radius 1 is 1.21 bits per heavy atom. The number of benzene rings is 1. The minimum absolute atomic E-state index is 0.00483. The van der Waals surface area contributed by atoms with Crippen molar-refractivity contribution in [2.24, 2.45) is 0 Å². The first-order valence-corrected chi connectivity index (χ1v) is 7.00. The number of rotatable bonds is 9. The average molecular weight is 264 g/mol. The molecule has 2 N–H and O–H groups in total. The highest BCUT2D eigenvalue weighted by Gasteiger charge is 2.04. The summed E-state index contributed by atoms with van der Waals surface area (Å²) in [5, 5.41) is 5.94. The molecule has 0 radical (unpaired) electrons. The molecule has 0 saturated heterocycles. The van der Waals surface area contributed by atoms with Gasteiger partial charge >= 0.3 is 0 Å². The van der Waals surface area contributed by atoms with Crippen LogP contribution in [0.3, 0.4) is 0 Å². The molecular formula is C15H24N2O2. The van der Waals surface area contributed by atoms with Crippen LogP contribution in [0.4, 0.5) is 5.69 Å². The number of amides is 1. The molecule has 0 heterocycles. The van der Waals surface area contributed by atoms with Crippen molar-refractivity contribution in [1.82, 2.24) is 5.32 Å². The molecule has 0 saturated carbocycles. The topological polar surface area (TPSA) is 50.4 Å². The maximum atomic E-state index is 11.5. The zero-order valence-corrected chi connectivity index (χ0v) is 11.9. The van der Waals surface area contributed by atoms with Crippen LogP contribution in [0.5, 0.6) is 5.75 Å². The lowest BCUT2D eigenvalue weighted by atomic mass is 10.3. The second kappa shape index (κ2) is 9.25. The number of ether oxygens (including phenoxy) is 1. The summed E-state index contributed by atoms with van der Waals surface area (Å²) in [6.07, 6.45) is 3.09. The summed E-state index contributed by atoms with van der Waals surface area (Å²) in [5.74, 6) is 0.810. The summed E-state index contributed by atoms with van der Waals surface area (Å²) in [4.78, 5) is 11.5. The molecule has 19 heavy (non-hydrogen) atoms. The van der Waals surface area contributed by atoms with Crippen molar-refractivity contribution < 1.29 is 9.53 Å². The Balaban J connectivity index is 2.45. The van der Waals surface area contributed by atoms with E-state index in [1.807, 2.05) is 31.2 Å². The Hall–Kier alpha value is -1.71. The number of unbranched alkanes of at least 4 members (excludes halogenated alkanes) is 1. The van der Waals surface area contributed by atoms with Crippen LogP contribution in [0.1, 0.15) is 33.1 Å². The third kappa shape index (κ3) is 6.13. The van der Waals surface area contributed by atoms with Gasteiger partial charge in [-0.25, -0.2) is 0 Å². The average Bonchev–Trinajstić information content (AvgIpc) is 2.44. The summed E-state index contributed by atoms with van der Waals surface area (Å²) in [5.41, 5.74) is 0.866. The molecule has 0 unspecified atom stereocenters. The van der Waals surface area contributed by atoms with Gasteiger partial charge in [0.05, 0.1) is 18.8 Å². The number of carbonyl (C=O) groups is 1. The minimum Gasteiger partial charge on any atom is -0.491 e. The monoisotopic (exact) mass is 264 g/mol. The fourth-order valence-corrected chi connectivity index (χ4v) is 1.57. The second-order valence-electron chi connectivity index (χ2n) is 4.40. The van der Waals surface area contributed by atoms with Gasteiger partial charge in [0.2, 0.25) is 5.91 Å². The van der Waals surface area contributed by atoms with E-state index in [2.05, 4.69) is 17.6 Å². The fraction of sp³-hybridized carbons (Fsp3) is 0.533. The van der Waals surface area contributed by atoms with Gasteiger partial charge in [-0.3, -0.25) is 4.79 Å². The van der Waals surface area contributed by atoms with E-state index >= 15 is 0 Å². The lowest BCUT2D eigenvalue weighted by Crippen LogP contribution is -2.30. The predicted octanol–water partition coefficient (Wildman–Crippen LogP) is 2.80. The number of nitrogens with one attached hydrogen (secondary N) is 2. The third-order valence-corrected chi connectivity index (χ3v) is 2.65. The molecule has 4 heteroatoms. The van der Waals surface area contributed by atoms with Crippen molar-refractivity contribution in [3.05, 3.63) is 24.3 Å². The van der Waals surface area contributed by atoms with Gasteiger partial charge in [0.1, 0.15) is 5.75 Å². The van der Waals surface area contributed by atoms with Gasteiger partial charge in [-0.05, 0) is 25.0 Å². The van der Waals surface area contributed by atoms with Crippen LogP contribution < -0.4 is 15.4 Å². The maximum Gasteiger partial charge on any atom is 0.239 e. The predicted molar refractivity (Wildman–Crippen MR) is 78.6 cm³/mol. The Kier molecular flexibility index (Phi) is 7.47. The van der Waals surface area contributed by atoms with Crippen LogP contribution in [-0.2, 0) is 4.79 Å². The Bertz CT molecular complexity index is 380. The van der Waals surface area contributed by atoms with Gasteiger partial charge in [-0.1, -0.05) is 32.4 Å². The van der Waals surface area contributed by atoms with E-state index in [0.717, 1.165) is 37.2 Å². The van der Waals surface area contributed by atoms with Crippen LogP contribution in [-0.4, -0.2) is 25.6 Å². The quantitative estimate of drug-likeness (QED) is 0.674. The summed E-state index contributed by atoms with van der Waals surface area (Å²) in [7, 11) is 0. The highest BCUT2D eigenvalue weighted by Crippen LogP contribution is 2.23. The number of hydrogen-bond acceptors (Lipinski definition) is 3. The molecule has 0 aromatic heterocycles. The molecule has 0 aliphatic rings. The molecular weight excluding hydrogens is 240 g/mol. The third-order valence-electron chi connectivity index (χ3n) is 2.65. The van der Waals surface area contributed by atoms with Crippen LogP contribution in [0.15, 0.2) is 24.3 Å². The number of anilines is 1.